The van der Waals surface area contributed by atoms with Gasteiger partial charge in [0.2, 0.25) is 10.0 Å². The van der Waals surface area contributed by atoms with Crippen LogP contribution in [0.3, 0.4) is 0 Å². The van der Waals surface area contributed by atoms with E-state index < -0.39 is 10.0 Å². The Labute approximate surface area is 177 Å². The molecule has 1 aliphatic rings. The van der Waals surface area contributed by atoms with Crippen LogP contribution in [0.15, 0.2) is 59.5 Å². The van der Waals surface area contributed by atoms with Gasteiger partial charge in [-0.3, -0.25) is 4.79 Å². The maximum Gasteiger partial charge on any atom is 0.268 e. The summed E-state index contributed by atoms with van der Waals surface area (Å²) in [5.41, 5.74) is 2.48. The lowest BCUT2D eigenvalue weighted by Gasteiger charge is -2.15. The summed E-state index contributed by atoms with van der Waals surface area (Å²) in [6.45, 7) is 0.539. The molecule has 1 heterocycles. The fourth-order valence-corrected chi connectivity index (χ4v) is 5.01. The lowest BCUT2D eigenvalue weighted by molar-refractivity contribution is 0.0929. The summed E-state index contributed by atoms with van der Waals surface area (Å²) in [5, 5.41) is 3.90. The number of hydrogen-bond acceptors (Lipinski definition) is 3. The van der Waals surface area contributed by atoms with Crippen molar-refractivity contribution in [3.05, 3.63) is 65.9 Å². The molecule has 1 aromatic heterocycles. The summed E-state index contributed by atoms with van der Waals surface area (Å²) >= 11 is 0. The molecule has 1 saturated carbocycles. The molecule has 0 radical (unpaired) electrons. The number of nitrogens with zero attached hydrogens (tertiary/aromatic N) is 2. The standard InChI is InChI=1S/C23H27N3O3S/c1-25(2)30(28,29)20-12-13-21-18(14-20)15-22(23(27)24-19-10-6-7-11-19)26(21)16-17-8-4-3-5-9-17/h3-5,8-9,12-15,19H,6-7,10-11,16H2,1-2H3,(H,24,27). The van der Waals surface area contributed by atoms with Gasteiger partial charge in [0.1, 0.15) is 5.69 Å². The molecule has 4 rings (SSSR count). The van der Waals surface area contributed by atoms with E-state index in [1.54, 1.807) is 24.3 Å². The van der Waals surface area contributed by atoms with Crippen molar-refractivity contribution in [3.8, 4) is 0 Å². The van der Waals surface area contributed by atoms with Gasteiger partial charge in [-0.05, 0) is 42.7 Å². The number of rotatable bonds is 6. The smallest absolute Gasteiger partial charge is 0.268 e. The molecule has 2 aromatic carbocycles. The molecule has 0 unspecified atom stereocenters. The van der Waals surface area contributed by atoms with Crippen molar-refractivity contribution in [3.63, 3.8) is 0 Å². The number of amides is 1. The van der Waals surface area contributed by atoms with Crippen molar-refractivity contribution in [2.75, 3.05) is 14.1 Å². The molecule has 158 valence electrons. The van der Waals surface area contributed by atoms with Crippen molar-refractivity contribution in [2.45, 2.75) is 43.2 Å². The first kappa shape index (κ1) is 20.6. The largest absolute Gasteiger partial charge is 0.348 e. The Morgan fingerprint density at radius 3 is 2.43 bits per heavy atom. The van der Waals surface area contributed by atoms with Gasteiger partial charge in [0.05, 0.1) is 4.90 Å². The van der Waals surface area contributed by atoms with E-state index in [1.807, 2.05) is 34.9 Å². The van der Waals surface area contributed by atoms with Crippen molar-refractivity contribution >= 4 is 26.8 Å². The van der Waals surface area contributed by atoms with Crippen molar-refractivity contribution < 1.29 is 13.2 Å². The van der Waals surface area contributed by atoms with Gasteiger partial charge in [0, 0.05) is 37.6 Å². The van der Waals surface area contributed by atoms with E-state index >= 15 is 0 Å². The summed E-state index contributed by atoms with van der Waals surface area (Å²) in [6, 6.07) is 17.0. The minimum atomic E-state index is -3.55. The van der Waals surface area contributed by atoms with E-state index in [-0.39, 0.29) is 16.8 Å². The van der Waals surface area contributed by atoms with Crippen LogP contribution in [0.1, 0.15) is 41.7 Å². The molecule has 1 N–H and O–H groups in total. The van der Waals surface area contributed by atoms with Gasteiger partial charge >= 0.3 is 0 Å². The van der Waals surface area contributed by atoms with Gasteiger partial charge in [0.15, 0.2) is 0 Å². The number of fused-ring (bicyclic) bond motifs is 1. The van der Waals surface area contributed by atoms with Crippen LogP contribution >= 0.6 is 0 Å². The number of carbonyl (C=O) groups excluding carboxylic acids is 1. The zero-order valence-electron chi connectivity index (χ0n) is 17.3. The molecule has 0 spiro atoms. The van der Waals surface area contributed by atoms with Crippen molar-refractivity contribution in [1.82, 2.24) is 14.2 Å². The van der Waals surface area contributed by atoms with E-state index in [4.69, 9.17) is 0 Å². The van der Waals surface area contributed by atoms with Crippen LogP contribution < -0.4 is 5.32 Å². The maximum atomic E-state index is 13.1. The van der Waals surface area contributed by atoms with Gasteiger partial charge in [-0.2, -0.15) is 0 Å². The first-order valence-electron chi connectivity index (χ1n) is 10.3. The van der Waals surface area contributed by atoms with E-state index in [0.29, 0.717) is 12.2 Å². The fraction of sp³-hybridized carbons (Fsp3) is 0.348. The molecule has 0 atom stereocenters. The Kier molecular flexibility index (Phi) is 5.66. The molecular weight excluding hydrogens is 398 g/mol. The summed E-state index contributed by atoms with van der Waals surface area (Å²) in [4.78, 5) is 13.3. The highest BCUT2D eigenvalue weighted by Gasteiger charge is 2.23. The van der Waals surface area contributed by atoms with Gasteiger partial charge in [-0.25, -0.2) is 12.7 Å². The predicted octanol–water partition coefficient (Wildman–Crippen LogP) is 3.61. The highest BCUT2D eigenvalue weighted by atomic mass is 32.2. The highest BCUT2D eigenvalue weighted by Crippen LogP contribution is 2.26. The summed E-state index contributed by atoms with van der Waals surface area (Å²) < 4.78 is 28.3. The van der Waals surface area contributed by atoms with Crippen LogP contribution in [0, 0.1) is 0 Å². The summed E-state index contributed by atoms with van der Waals surface area (Å²) in [6.07, 6.45) is 4.30. The zero-order valence-corrected chi connectivity index (χ0v) is 18.2. The molecule has 6 nitrogen and oxygen atoms in total. The maximum absolute atomic E-state index is 13.1. The summed E-state index contributed by atoms with van der Waals surface area (Å²) in [5.74, 6) is -0.106. The SMILES string of the molecule is CN(C)S(=O)(=O)c1ccc2c(c1)cc(C(=O)NC1CCCC1)n2Cc1ccccc1. The molecular formula is C23H27N3O3S. The minimum Gasteiger partial charge on any atom is -0.348 e. The molecule has 1 fully saturated rings. The second-order valence-corrected chi connectivity index (χ2v) is 10.2. The Bertz CT molecular complexity index is 1160. The Balaban J connectivity index is 1.78. The summed E-state index contributed by atoms with van der Waals surface area (Å²) in [7, 11) is -0.517. The topological polar surface area (TPSA) is 71.4 Å². The first-order valence-corrected chi connectivity index (χ1v) is 11.7. The number of carbonyl (C=O) groups is 1. The quantitative estimate of drug-likeness (QED) is 0.656. The molecule has 0 bridgehead atoms. The average Bonchev–Trinajstić information content (AvgIpc) is 3.36. The minimum absolute atomic E-state index is 0.106. The van der Waals surface area contributed by atoms with Crippen LogP contribution in [0.5, 0.6) is 0 Å². The third kappa shape index (κ3) is 4.00. The Hall–Kier alpha value is -2.64. The second-order valence-electron chi connectivity index (χ2n) is 8.06. The molecule has 1 aliphatic carbocycles. The van der Waals surface area contributed by atoms with E-state index in [2.05, 4.69) is 5.32 Å². The van der Waals surface area contributed by atoms with Crippen LogP contribution in [0.2, 0.25) is 0 Å². The number of aromatic nitrogens is 1. The average molecular weight is 426 g/mol. The van der Waals surface area contributed by atoms with E-state index in [9.17, 15) is 13.2 Å². The number of hydrogen-bond donors (Lipinski definition) is 1. The molecule has 1 amide bonds. The molecule has 30 heavy (non-hydrogen) atoms. The van der Waals surface area contributed by atoms with Crippen LogP contribution in [-0.2, 0) is 16.6 Å². The van der Waals surface area contributed by atoms with Crippen LogP contribution in [0.4, 0.5) is 0 Å². The number of benzene rings is 2. The van der Waals surface area contributed by atoms with Crippen molar-refractivity contribution in [2.24, 2.45) is 0 Å². The molecule has 3 aromatic rings. The molecule has 7 heteroatoms. The lowest BCUT2D eigenvalue weighted by atomic mass is 10.2. The fourth-order valence-electron chi connectivity index (χ4n) is 4.07. The van der Waals surface area contributed by atoms with Crippen LogP contribution in [0.25, 0.3) is 10.9 Å². The predicted molar refractivity (Wildman–Crippen MR) is 118 cm³/mol. The second kappa shape index (κ2) is 8.24. The van der Waals surface area contributed by atoms with Crippen molar-refractivity contribution in [1.29, 1.82) is 0 Å². The number of nitrogens with one attached hydrogen (secondary N) is 1. The first-order chi connectivity index (χ1) is 14.4. The third-order valence-electron chi connectivity index (χ3n) is 5.76. The highest BCUT2D eigenvalue weighted by molar-refractivity contribution is 7.89. The van der Waals surface area contributed by atoms with E-state index in [1.165, 1.54) is 18.4 Å². The van der Waals surface area contributed by atoms with Gasteiger partial charge in [-0.15, -0.1) is 0 Å². The van der Waals surface area contributed by atoms with Gasteiger partial charge < -0.3 is 9.88 Å². The van der Waals surface area contributed by atoms with Gasteiger partial charge in [-0.1, -0.05) is 43.2 Å². The van der Waals surface area contributed by atoms with Gasteiger partial charge in [0.25, 0.3) is 5.91 Å². The lowest BCUT2D eigenvalue weighted by Crippen LogP contribution is -2.34. The zero-order chi connectivity index (χ0) is 21.3. The van der Waals surface area contributed by atoms with Crippen LogP contribution in [-0.4, -0.2) is 43.3 Å². The third-order valence-corrected chi connectivity index (χ3v) is 7.57. The van der Waals surface area contributed by atoms with E-state index in [0.717, 1.165) is 42.1 Å². The molecule has 0 saturated heterocycles. The monoisotopic (exact) mass is 425 g/mol. The normalized spacial score (nSPS) is 15.2. The Morgan fingerprint density at radius 1 is 1.07 bits per heavy atom. The number of sulfonamides is 1. The Morgan fingerprint density at radius 2 is 1.77 bits per heavy atom. The molecule has 0 aliphatic heterocycles.